The number of fused-ring (bicyclic) bond motifs is 3. The van der Waals surface area contributed by atoms with Gasteiger partial charge in [-0.05, 0) is 107 Å². The average molecular weight is 639 g/mol. The van der Waals surface area contributed by atoms with Crippen molar-refractivity contribution < 1.29 is 19.1 Å². The molecular formula is C33H49Cl2N3O5. The third-order valence-electron chi connectivity index (χ3n) is 7.79. The van der Waals surface area contributed by atoms with Gasteiger partial charge in [-0.3, -0.25) is 4.79 Å². The number of hydrogen-bond acceptors (Lipinski definition) is 7. The van der Waals surface area contributed by atoms with E-state index < -0.39 is 11.9 Å². The number of halogens is 2. The average Bonchev–Trinajstić information content (AvgIpc) is 2.99. The SMILES string of the molecule is CCN(CC)CCCCCOC(=O)c1ccc2c(c1)[nH]c(=O)c1cc(C(=O)OCCCCCN(CC)CC)ccc12.Cl.Cl. The summed E-state index contributed by atoms with van der Waals surface area (Å²) >= 11 is 0. The van der Waals surface area contributed by atoms with E-state index in [9.17, 15) is 14.4 Å². The van der Waals surface area contributed by atoms with Crippen LogP contribution in [0.25, 0.3) is 21.7 Å². The molecule has 0 unspecified atom stereocenters. The van der Waals surface area contributed by atoms with Gasteiger partial charge in [0.25, 0.3) is 5.56 Å². The number of esters is 2. The first-order valence-electron chi connectivity index (χ1n) is 15.3. The van der Waals surface area contributed by atoms with Crippen molar-refractivity contribution in [3.05, 3.63) is 57.9 Å². The molecule has 0 radical (unpaired) electrons. The van der Waals surface area contributed by atoms with Gasteiger partial charge in [-0.1, -0.05) is 39.8 Å². The first-order valence-corrected chi connectivity index (χ1v) is 15.3. The van der Waals surface area contributed by atoms with Gasteiger partial charge in [0, 0.05) is 16.3 Å². The number of aromatic amines is 1. The second kappa shape index (κ2) is 20.3. The maximum absolute atomic E-state index is 12.9. The number of nitrogens with one attached hydrogen (secondary N) is 1. The van der Waals surface area contributed by atoms with Crippen molar-refractivity contribution in [1.29, 1.82) is 0 Å². The number of benzene rings is 2. The highest BCUT2D eigenvalue weighted by Crippen LogP contribution is 2.24. The van der Waals surface area contributed by atoms with Gasteiger partial charge in [0.05, 0.1) is 24.3 Å². The number of ether oxygens (including phenoxy) is 2. The van der Waals surface area contributed by atoms with Gasteiger partial charge < -0.3 is 24.3 Å². The van der Waals surface area contributed by atoms with Crippen LogP contribution in [0.2, 0.25) is 0 Å². The normalized spacial score (nSPS) is 11.0. The second-order valence-corrected chi connectivity index (χ2v) is 10.4. The molecular weight excluding hydrogens is 589 g/mol. The Balaban J connectivity index is 0.00000462. The summed E-state index contributed by atoms with van der Waals surface area (Å²) in [4.78, 5) is 45.8. The molecule has 0 fully saturated rings. The Morgan fingerprint density at radius 2 is 1.09 bits per heavy atom. The molecule has 43 heavy (non-hydrogen) atoms. The van der Waals surface area contributed by atoms with Gasteiger partial charge in [0.15, 0.2) is 0 Å². The number of pyridine rings is 1. The third kappa shape index (κ3) is 11.4. The van der Waals surface area contributed by atoms with Crippen molar-refractivity contribution >= 4 is 58.4 Å². The number of aromatic nitrogens is 1. The molecule has 3 aromatic rings. The summed E-state index contributed by atoms with van der Waals surface area (Å²) in [6.45, 7) is 15.7. The molecule has 0 aliphatic rings. The van der Waals surface area contributed by atoms with Crippen LogP contribution >= 0.6 is 24.8 Å². The molecule has 1 heterocycles. The van der Waals surface area contributed by atoms with Crippen LogP contribution < -0.4 is 5.56 Å². The molecule has 1 N–H and O–H groups in total. The lowest BCUT2D eigenvalue weighted by Crippen LogP contribution is -2.23. The molecule has 0 aliphatic carbocycles. The minimum atomic E-state index is -0.429. The standard InChI is InChI=1S/C33H47N3O5.2ClH/c1-5-35(6-2)19-11-9-13-21-40-32(38)25-15-17-27-28-18-16-26(24-30(28)34-31(37)29(27)23-25)33(39)41-22-14-10-12-20-36(7-3)8-4;;/h15-18,23-24H,5-14,19-22H2,1-4H3,(H,34,37);2*1H. The molecule has 0 bridgehead atoms. The van der Waals surface area contributed by atoms with Crippen LogP contribution in [0.15, 0.2) is 41.2 Å². The Bertz CT molecular complexity index is 1340. The summed E-state index contributed by atoms with van der Waals surface area (Å²) in [6, 6.07) is 10.2. The van der Waals surface area contributed by atoms with Gasteiger partial charge in [-0.25, -0.2) is 9.59 Å². The molecule has 0 aliphatic heterocycles. The Kier molecular flexibility index (Phi) is 18.1. The van der Waals surface area contributed by atoms with Crippen LogP contribution in [0.3, 0.4) is 0 Å². The molecule has 0 amide bonds. The van der Waals surface area contributed by atoms with Gasteiger partial charge in [-0.2, -0.15) is 0 Å². The number of nitrogens with zero attached hydrogens (tertiary/aromatic N) is 2. The van der Waals surface area contributed by atoms with E-state index in [2.05, 4.69) is 42.5 Å². The van der Waals surface area contributed by atoms with Crippen LogP contribution in [-0.2, 0) is 9.47 Å². The van der Waals surface area contributed by atoms with Crippen molar-refractivity contribution in [1.82, 2.24) is 14.8 Å². The van der Waals surface area contributed by atoms with E-state index in [4.69, 9.17) is 9.47 Å². The predicted molar refractivity (Wildman–Crippen MR) is 180 cm³/mol. The molecule has 0 saturated carbocycles. The van der Waals surface area contributed by atoms with Gasteiger partial charge in [-0.15, -0.1) is 24.8 Å². The maximum Gasteiger partial charge on any atom is 0.338 e. The number of hydrogen-bond donors (Lipinski definition) is 1. The third-order valence-corrected chi connectivity index (χ3v) is 7.79. The highest BCUT2D eigenvalue weighted by atomic mass is 35.5. The lowest BCUT2D eigenvalue weighted by Gasteiger charge is -2.17. The first kappa shape index (κ1) is 38.4. The maximum atomic E-state index is 12.9. The summed E-state index contributed by atoms with van der Waals surface area (Å²) in [5.41, 5.74) is 0.976. The van der Waals surface area contributed by atoms with Crippen LogP contribution in [0.1, 0.15) is 86.9 Å². The summed E-state index contributed by atoms with van der Waals surface area (Å²) in [7, 11) is 0. The van der Waals surface area contributed by atoms with E-state index in [1.165, 1.54) is 0 Å². The zero-order chi connectivity index (χ0) is 29.6. The molecule has 0 saturated heterocycles. The molecule has 0 atom stereocenters. The molecule has 0 spiro atoms. The Morgan fingerprint density at radius 1 is 0.628 bits per heavy atom. The van der Waals surface area contributed by atoms with Crippen LogP contribution in [-0.4, -0.2) is 79.2 Å². The van der Waals surface area contributed by atoms with Crippen molar-refractivity contribution in [2.45, 2.75) is 66.2 Å². The van der Waals surface area contributed by atoms with Crippen molar-refractivity contribution in [2.24, 2.45) is 0 Å². The van der Waals surface area contributed by atoms with Crippen molar-refractivity contribution in [2.75, 3.05) is 52.5 Å². The van der Waals surface area contributed by atoms with E-state index >= 15 is 0 Å². The largest absolute Gasteiger partial charge is 0.462 e. The second-order valence-electron chi connectivity index (χ2n) is 10.4. The van der Waals surface area contributed by atoms with Gasteiger partial charge in [0.2, 0.25) is 0 Å². The van der Waals surface area contributed by atoms with E-state index in [0.29, 0.717) is 40.6 Å². The minimum Gasteiger partial charge on any atom is -0.462 e. The van der Waals surface area contributed by atoms with E-state index in [1.807, 2.05) is 6.07 Å². The number of carbonyl (C=O) groups excluding carboxylic acids is 2. The van der Waals surface area contributed by atoms with Crippen LogP contribution in [0.5, 0.6) is 0 Å². The molecule has 8 nitrogen and oxygen atoms in total. The summed E-state index contributed by atoms with van der Waals surface area (Å²) < 4.78 is 10.9. The highest BCUT2D eigenvalue weighted by Gasteiger charge is 2.14. The summed E-state index contributed by atoms with van der Waals surface area (Å²) in [5, 5.41) is 1.91. The molecule has 2 aromatic carbocycles. The zero-order valence-electron chi connectivity index (χ0n) is 26.1. The fraction of sp³-hybridized carbons (Fsp3) is 0.545. The van der Waals surface area contributed by atoms with Crippen LogP contribution in [0, 0.1) is 0 Å². The number of carbonyl (C=O) groups is 2. The van der Waals surface area contributed by atoms with E-state index in [-0.39, 0.29) is 30.4 Å². The first-order chi connectivity index (χ1) is 19.9. The Hall–Kier alpha value is -2.65. The molecule has 3 rings (SSSR count). The lowest BCUT2D eigenvalue weighted by molar-refractivity contribution is 0.0488. The summed E-state index contributed by atoms with van der Waals surface area (Å²) in [6.07, 6.45) is 5.80. The van der Waals surface area contributed by atoms with Gasteiger partial charge in [0.1, 0.15) is 0 Å². The van der Waals surface area contributed by atoms with E-state index in [0.717, 1.165) is 83.2 Å². The van der Waals surface area contributed by atoms with Crippen molar-refractivity contribution in [3.63, 3.8) is 0 Å². The Labute approximate surface area is 268 Å². The smallest absolute Gasteiger partial charge is 0.338 e. The fourth-order valence-electron chi connectivity index (χ4n) is 5.10. The molecule has 10 heteroatoms. The quantitative estimate of drug-likeness (QED) is 0.0925. The zero-order valence-corrected chi connectivity index (χ0v) is 27.7. The monoisotopic (exact) mass is 637 g/mol. The predicted octanol–water partition coefficient (Wildman–Crippen LogP) is 6.86. The van der Waals surface area contributed by atoms with E-state index in [1.54, 1.807) is 30.3 Å². The summed E-state index contributed by atoms with van der Waals surface area (Å²) in [5.74, 6) is -0.830. The van der Waals surface area contributed by atoms with Crippen molar-refractivity contribution in [3.8, 4) is 0 Å². The molecule has 1 aromatic heterocycles. The minimum absolute atomic E-state index is 0. The number of H-pyrrole nitrogens is 1. The topological polar surface area (TPSA) is 91.9 Å². The Morgan fingerprint density at radius 3 is 1.58 bits per heavy atom. The van der Waals surface area contributed by atoms with Crippen LogP contribution in [0.4, 0.5) is 0 Å². The highest BCUT2D eigenvalue weighted by molar-refractivity contribution is 6.08. The van der Waals surface area contributed by atoms with Gasteiger partial charge >= 0.3 is 11.9 Å². The lowest BCUT2D eigenvalue weighted by atomic mass is 10.0. The fourth-order valence-corrected chi connectivity index (χ4v) is 5.10. The number of unbranched alkanes of at least 4 members (excludes halogenated alkanes) is 4. The molecule has 240 valence electrons. The number of rotatable bonds is 18.